The minimum atomic E-state index is -4.01. The van der Waals surface area contributed by atoms with Crippen LogP contribution in [0.1, 0.15) is 11.1 Å². The van der Waals surface area contributed by atoms with Gasteiger partial charge in [-0.05, 0) is 31.0 Å². The molecular formula is C9H13NO4S2. The smallest absolute Gasteiger partial charge is 0.212 e. The van der Waals surface area contributed by atoms with Crippen molar-refractivity contribution in [3.8, 4) is 0 Å². The number of aryl methyl sites for hydroxylation is 2. The zero-order valence-corrected chi connectivity index (χ0v) is 10.8. The van der Waals surface area contributed by atoms with Gasteiger partial charge in [0.25, 0.3) is 10.0 Å². The lowest BCUT2D eigenvalue weighted by Gasteiger charge is -2.08. The quantitative estimate of drug-likeness (QED) is 0.863. The minimum absolute atomic E-state index is 0.0158. The molecule has 0 fully saturated rings. The summed E-state index contributed by atoms with van der Waals surface area (Å²) in [7, 11) is -7.81. The largest absolute Gasteiger partial charge is 0.253 e. The third-order valence-electron chi connectivity index (χ3n) is 1.89. The van der Waals surface area contributed by atoms with E-state index in [1.165, 1.54) is 6.07 Å². The number of nitrogens with one attached hydrogen (secondary N) is 1. The van der Waals surface area contributed by atoms with Gasteiger partial charge in [-0.3, -0.25) is 0 Å². The van der Waals surface area contributed by atoms with Gasteiger partial charge in [0.05, 0.1) is 11.2 Å². The summed E-state index contributed by atoms with van der Waals surface area (Å²) in [5, 5.41) is 0. The Morgan fingerprint density at radius 1 is 1.06 bits per heavy atom. The molecule has 0 radical (unpaired) electrons. The third-order valence-corrected chi connectivity index (χ3v) is 5.00. The number of hydrogen-bond donors (Lipinski definition) is 1. The summed E-state index contributed by atoms with van der Waals surface area (Å²) in [4.78, 5) is -0.0158. The van der Waals surface area contributed by atoms with Crippen LogP contribution in [0.5, 0.6) is 0 Å². The number of benzene rings is 1. The molecule has 1 aromatic rings. The molecule has 0 aromatic heterocycles. The van der Waals surface area contributed by atoms with Crippen molar-refractivity contribution in [3.63, 3.8) is 0 Å². The Balaban J connectivity index is 3.33. The highest BCUT2D eigenvalue weighted by molar-refractivity contribution is 8.04. The molecule has 0 saturated carbocycles. The van der Waals surface area contributed by atoms with Crippen LogP contribution in [0.15, 0.2) is 23.1 Å². The summed E-state index contributed by atoms with van der Waals surface area (Å²) in [6.45, 7) is 3.34. The molecule has 0 aliphatic rings. The van der Waals surface area contributed by atoms with Crippen molar-refractivity contribution in [2.45, 2.75) is 18.7 Å². The lowest BCUT2D eigenvalue weighted by Crippen LogP contribution is -2.30. The molecule has 0 unspecified atom stereocenters. The summed E-state index contributed by atoms with van der Waals surface area (Å²) in [6, 6.07) is 4.82. The van der Waals surface area contributed by atoms with Gasteiger partial charge in [0.1, 0.15) is 0 Å². The average Bonchev–Trinajstić information content (AvgIpc) is 2.04. The van der Waals surface area contributed by atoms with Crippen molar-refractivity contribution < 1.29 is 16.8 Å². The lowest BCUT2D eigenvalue weighted by molar-refractivity contribution is 0.579. The molecule has 0 aliphatic carbocycles. The van der Waals surface area contributed by atoms with Crippen LogP contribution in [0.4, 0.5) is 0 Å². The molecule has 1 rings (SSSR count). The van der Waals surface area contributed by atoms with E-state index >= 15 is 0 Å². The van der Waals surface area contributed by atoms with Crippen molar-refractivity contribution in [2.24, 2.45) is 0 Å². The normalized spacial score (nSPS) is 12.7. The summed E-state index contributed by atoms with van der Waals surface area (Å²) < 4.78 is 46.9. The van der Waals surface area contributed by atoms with Crippen molar-refractivity contribution in [3.05, 3.63) is 29.3 Å². The number of rotatable bonds is 3. The standard InChI is InChI=1S/C9H13NO4S2/c1-7-4-5-8(2)9(6-7)16(13,14)10-15(3,11)12/h4-6,10H,1-3H3. The summed E-state index contributed by atoms with van der Waals surface area (Å²) in [5.74, 6) is 0. The minimum Gasteiger partial charge on any atom is -0.212 e. The van der Waals surface area contributed by atoms with Crippen LogP contribution in [-0.4, -0.2) is 23.1 Å². The molecule has 0 spiro atoms. The topological polar surface area (TPSA) is 80.3 Å². The van der Waals surface area contributed by atoms with E-state index in [1.54, 1.807) is 30.1 Å². The van der Waals surface area contributed by atoms with E-state index < -0.39 is 20.0 Å². The van der Waals surface area contributed by atoms with E-state index in [4.69, 9.17) is 0 Å². The zero-order chi connectivity index (χ0) is 12.6. The van der Waals surface area contributed by atoms with Crippen LogP contribution in [0.25, 0.3) is 0 Å². The van der Waals surface area contributed by atoms with E-state index in [0.717, 1.165) is 11.8 Å². The van der Waals surface area contributed by atoms with E-state index in [-0.39, 0.29) is 4.90 Å². The van der Waals surface area contributed by atoms with Crippen LogP contribution >= 0.6 is 0 Å². The molecule has 0 atom stereocenters. The van der Waals surface area contributed by atoms with Crippen LogP contribution in [0, 0.1) is 13.8 Å². The van der Waals surface area contributed by atoms with Gasteiger partial charge in [-0.2, -0.15) is 0 Å². The van der Waals surface area contributed by atoms with Crippen molar-refractivity contribution in [2.75, 3.05) is 6.26 Å². The SMILES string of the molecule is Cc1ccc(C)c(S(=O)(=O)NS(C)(=O)=O)c1. The summed E-state index contributed by atoms with van der Waals surface area (Å²) >= 11 is 0. The van der Waals surface area contributed by atoms with Gasteiger partial charge in [0.2, 0.25) is 10.0 Å². The van der Waals surface area contributed by atoms with Crippen molar-refractivity contribution in [1.29, 1.82) is 0 Å². The van der Waals surface area contributed by atoms with Crippen LogP contribution < -0.4 is 4.13 Å². The van der Waals surface area contributed by atoms with Crippen molar-refractivity contribution >= 4 is 20.0 Å². The molecule has 7 heteroatoms. The van der Waals surface area contributed by atoms with Gasteiger partial charge in [-0.25, -0.2) is 16.8 Å². The van der Waals surface area contributed by atoms with E-state index in [2.05, 4.69) is 0 Å². The maximum atomic E-state index is 11.7. The Kier molecular flexibility index (Phi) is 3.41. The number of sulfonamides is 2. The number of hydrogen-bond acceptors (Lipinski definition) is 4. The van der Waals surface area contributed by atoms with Gasteiger partial charge in [0, 0.05) is 0 Å². The second-order valence-corrected chi connectivity index (χ2v) is 7.29. The summed E-state index contributed by atoms with van der Waals surface area (Å²) in [5.41, 5.74) is 1.25. The highest BCUT2D eigenvalue weighted by atomic mass is 32.3. The molecule has 1 N–H and O–H groups in total. The Morgan fingerprint density at radius 3 is 2.12 bits per heavy atom. The highest BCUT2D eigenvalue weighted by Gasteiger charge is 2.21. The highest BCUT2D eigenvalue weighted by Crippen LogP contribution is 2.16. The Morgan fingerprint density at radius 2 is 1.62 bits per heavy atom. The molecule has 0 heterocycles. The Labute approximate surface area is 95.6 Å². The molecule has 0 aliphatic heterocycles. The van der Waals surface area contributed by atoms with Gasteiger partial charge >= 0.3 is 0 Å². The second-order valence-electron chi connectivity index (χ2n) is 3.63. The Hall–Kier alpha value is -0.920. The maximum Gasteiger partial charge on any atom is 0.253 e. The first-order valence-corrected chi connectivity index (χ1v) is 7.80. The van der Waals surface area contributed by atoms with Crippen molar-refractivity contribution in [1.82, 2.24) is 4.13 Å². The fraction of sp³-hybridized carbons (Fsp3) is 0.333. The molecule has 0 bridgehead atoms. The first-order chi connectivity index (χ1) is 7.12. The van der Waals surface area contributed by atoms with Gasteiger partial charge in [0.15, 0.2) is 0 Å². The van der Waals surface area contributed by atoms with E-state index in [1.807, 2.05) is 0 Å². The first-order valence-electron chi connectivity index (χ1n) is 4.43. The molecule has 1 aromatic carbocycles. The Bertz CT molecular complexity index is 602. The second kappa shape index (κ2) is 4.15. The summed E-state index contributed by atoms with van der Waals surface area (Å²) in [6.07, 6.45) is 0.801. The first kappa shape index (κ1) is 13.1. The monoisotopic (exact) mass is 263 g/mol. The van der Waals surface area contributed by atoms with Gasteiger partial charge in [-0.15, -0.1) is 4.13 Å². The average molecular weight is 263 g/mol. The van der Waals surface area contributed by atoms with Crippen LogP contribution in [0.3, 0.4) is 0 Å². The van der Waals surface area contributed by atoms with Gasteiger partial charge in [-0.1, -0.05) is 12.1 Å². The molecule has 0 amide bonds. The maximum absolute atomic E-state index is 11.7. The van der Waals surface area contributed by atoms with Gasteiger partial charge < -0.3 is 0 Å². The van der Waals surface area contributed by atoms with Crippen LogP contribution in [-0.2, 0) is 20.0 Å². The third kappa shape index (κ3) is 3.29. The predicted molar refractivity (Wildman–Crippen MR) is 61.1 cm³/mol. The fourth-order valence-corrected chi connectivity index (χ4v) is 4.03. The van der Waals surface area contributed by atoms with E-state index in [0.29, 0.717) is 5.56 Å². The lowest BCUT2D eigenvalue weighted by atomic mass is 10.2. The molecular weight excluding hydrogens is 250 g/mol. The van der Waals surface area contributed by atoms with Crippen LogP contribution in [0.2, 0.25) is 0 Å². The molecule has 5 nitrogen and oxygen atoms in total. The van der Waals surface area contributed by atoms with E-state index in [9.17, 15) is 16.8 Å². The zero-order valence-electron chi connectivity index (χ0n) is 9.18. The fourth-order valence-electron chi connectivity index (χ4n) is 1.24. The predicted octanol–water partition coefficient (Wildman–Crippen LogP) is 0.541. The molecule has 90 valence electrons. The molecule has 0 saturated heterocycles. The molecule has 16 heavy (non-hydrogen) atoms.